The van der Waals surface area contributed by atoms with Gasteiger partial charge < -0.3 is 5.32 Å². The molecule has 100 valence electrons. The lowest BCUT2D eigenvalue weighted by Gasteiger charge is -2.07. The molecule has 4 rings (SSSR count). The van der Waals surface area contributed by atoms with E-state index >= 15 is 0 Å². The Bertz CT molecular complexity index is 782. The first-order chi connectivity index (χ1) is 9.78. The van der Waals surface area contributed by atoms with Crippen LogP contribution in [0.15, 0.2) is 34.4 Å². The number of hydrogen-bond donors (Lipinski definition) is 1. The highest BCUT2D eigenvalue weighted by molar-refractivity contribution is 9.10. The van der Waals surface area contributed by atoms with Crippen molar-refractivity contribution in [2.24, 2.45) is 0 Å². The van der Waals surface area contributed by atoms with Gasteiger partial charge in [-0.2, -0.15) is 0 Å². The Morgan fingerprint density at radius 2 is 2.10 bits per heavy atom. The molecule has 0 aliphatic heterocycles. The number of thiazole rings is 1. The molecule has 0 unspecified atom stereocenters. The van der Waals surface area contributed by atoms with Crippen LogP contribution in [-0.4, -0.2) is 15.0 Å². The van der Waals surface area contributed by atoms with Gasteiger partial charge in [-0.15, -0.1) is 11.3 Å². The molecule has 1 saturated carbocycles. The molecule has 1 fully saturated rings. The van der Waals surface area contributed by atoms with Gasteiger partial charge in [0.15, 0.2) is 0 Å². The van der Waals surface area contributed by atoms with Crippen molar-refractivity contribution in [2.75, 3.05) is 5.32 Å². The molecule has 4 nitrogen and oxygen atoms in total. The molecule has 20 heavy (non-hydrogen) atoms. The van der Waals surface area contributed by atoms with Crippen molar-refractivity contribution in [1.29, 1.82) is 0 Å². The summed E-state index contributed by atoms with van der Waals surface area (Å²) in [5.41, 5.74) is 3.91. The Hall–Kier alpha value is -1.53. The molecular formula is C14H11BrN4S. The van der Waals surface area contributed by atoms with Crippen LogP contribution in [0.2, 0.25) is 0 Å². The summed E-state index contributed by atoms with van der Waals surface area (Å²) >= 11 is 5.10. The molecule has 0 saturated heterocycles. The van der Waals surface area contributed by atoms with Gasteiger partial charge in [-0.1, -0.05) is 0 Å². The summed E-state index contributed by atoms with van der Waals surface area (Å²) in [6.07, 6.45) is 2.39. The highest BCUT2D eigenvalue weighted by Crippen LogP contribution is 2.39. The van der Waals surface area contributed by atoms with Crippen LogP contribution in [0.3, 0.4) is 0 Å². The van der Waals surface area contributed by atoms with Gasteiger partial charge in [-0.25, -0.2) is 15.0 Å². The standard InChI is InChI=1S/C14H11BrN4S/c15-12-6-13(19-14(18-12)8-1-2-8)17-9-3-4-10-11(5-9)20-7-16-10/h3-8H,1-2H2,(H,17,18,19). The maximum Gasteiger partial charge on any atom is 0.135 e. The van der Waals surface area contributed by atoms with Crippen LogP contribution in [0.4, 0.5) is 11.5 Å². The zero-order valence-corrected chi connectivity index (χ0v) is 12.9. The number of nitrogens with one attached hydrogen (secondary N) is 1. The van der Waals surface area contributed by atoms with Crippen molar-refractivity contribution in [2.45, 2.75) is 18.8 Å². The quantitative estimate of drug-likeness (QED) is 0.710. The van der Waals surface area contributed by atoms with Gasteiger partial charge in [-0.3, -0.25) is 0 Å². The molecule has 0 bridgehead atoms. The fraction of sp³-hybridized carbons (Fsp3) is 0.214. The smallest absolute Gasteiger partial charge is 0.135 e. The zero-order valence-electron chi connectivity index (χ0n) is 10.5. The fourth-order valence-corrected chi connectivity index (χ4v) is 3.22. The lowest BCUT2D eigenvalue weighted by atomic mass is 10.3. The summed E-state index contributed by atoms with van der Waals surface area (Å²) < 4.78 is 2.00. The van der Waals surface area contributed by atoms with Crippen LogP contribution < -0.4 is 5.32 Å². The predicted octanol–water partition coefficient (Wildman–Crippen LogP) is 4.47. The predicted molar refractivity (Wildman–Crippen MR) is 84.6 cm³/mol. The molecule has 6 heteroatoms. The lowest BCUT2D eigenvalue weighted by Crippen LogP contribution is -1.99. The van der Waals surface area contributed by atoms with Crippen molar-refractivity contribution >= 4 is 49.0 Å². The number of halogens is 1. The van der Waals surface area contributed by atoms with E-state index in [0.29, 0.717) is 5.92 Å². The Labute approximate surface area is 128 Å². The number of fused-ring (bicyclic) bond motifs is 1. The molecule has 2 heterocycles. The van der Waals surface area contributed by atoms with Crippen LogP contribution in [0.5, 0.6) is 0 Å². The second-order valence-electron chi connectivity index (χ2n) is 4.87. The number of nitrogens with zero attached hydrogens (tertiary/aromatic N) is 3. The van der Waals surface area contributed by atoms with E-state index in [9.17, 15) is 0 Å². The second-order valence-corrected chi connectivity index (χ2v) is 6.57. The zero-order chi connectivity index (χ0) is 13.5. The van der Waals surface area contributed by atoms with Crippen LogP contribution in [0.25, 0.3) is 10.2 Å². The Kier molecular flexibility index (Phi) is 2.93. The van der Waals surface area contributed by atoms with Crippen LogP contribution >= 0.6 is 27.3 Å². The van der Waals surface area contributed by atoms with E-state index in [1.165, 1.54) is 17.5 Å². The Morgan fingerprint density at radius 3 is 2.95 bits per heavy atom. The van der Waals surface area contributed by atoms with E-state index in [1.54, 1.807) is 11.3 Å². The molecule has 0 amide bonds. The monoisotopic (exact) mass is 346 g/mol. The first-order valence-electron chi connectivity index (χ1n) is 6.43. The van der Waals surface area contributed by atoms with E-state index in [-0.39, 0.29) is 0 Å². The third kappa shape index (κ3) is 2.41. The largest absolute Gasteiger partial charge is 0.340 e. The molecule has 1 aromatic carbocycles. The number of benzene rings is 1. The van der Waals surface area contributed by atoms with Crippen LogP contribution in [0, 0.1) is 0 Å². The fourth-order valence-electron chi connectivity index (χ4n) is 2.10. The second kappa shape index (κ2) is 4.79. The number of hydrogen-bond acceptors (Lipinski definition) is 5. The van der Waals surface area contributed by atoms with E-state index in [4.69, 9.17) is 0 Å². The van der Waals surface area contributed by atoms with Crippen molar-refractivity contribution in [3.05, 3.63) is 40.2 Å². The summed E-state index contributed by atoms with van der Waals surface area (Å²) in [5, 5.41) is 3.35. The normalized spacial score (nSPS) is 14.7. The maximum atomic E-state index is 4.59. The van der Waals surface area contributed by atoms with Crippen molar-refractivity contribution in [3.63, 3.8) is 0 Å². The summed E-state index contributed by atoms with van der Waals surface area (Å²) in [5.74, 6) is 2.30. The third-order valence-electron chi connectivity index (χ3n) is 3.26. The van der Waals surface area contributed by atoms with Crippen molar-refractivity contribution in [1.82, 2.24) is 15.0 Å². The summed E-state index contributed by atoms with van der Waals surface area (Å²) in [4.78, 5) is 13.3. The lowest BCUT2D eigenvalue weighted by molar-refractivity contribution is 0.919. The molecule has 1 aliphatic carbocycles. The minimum atomic E-state index is 0.539. The minimum absolute atomic E-state index is 0.539. The summed E-state index contributed by atoms with van der Waals surface area (Å²) in [7, 11) is 0. The van der Waals surface area contributed by atoms with Gasteiger partial charge in [0.25, 0.3) is 0 Å². The van der Waals surface area contributed by atoms with Gasteiger partial charge in [0.05, 0.1) is 15.7 Å². The van der Waals surface area contributed by atoms with Crippen molar-refractivity contribution in [3.8, 4) is 0 Å². The third-order valence-corrected chi connectivity index (χ3v) is 4.46. The highest BCUT2D eigenvalue weighted by Gasteiger charge is 2.27. The molecule has 0 radical (unpaired) electrons. The molecular weight excluding hydrogens is 336 g/mol. The van der Waals surface area contributed by atoms with Crippen molar-refractivity contribution < 1.29 is 0 Å². The number of rotatable bonds is 3. The van der Waals surface area contributed by atoms with Crippen LogP contribution in [0.1, 0.15) is 24.6 Å². The van der Waals surface area contributed by atoms with E-state index in [0.717, 1.165) is 27.4 Å². The average molecular weight is 347 g/mol. The minimum Gasteiger partial charge on any atom is -0.340 e. The highest BCUT2D eigenvalue weighted by atomic mass is 79.9. The Balaban J connectivity index is 1.67. The van der Waals surface area contributed by atoms with Gasteiger partial charge in [0.2, 0.25) is 0 Å². The van der Waals surface area contributed by atoms with E-state index in [2.05, 4.69) is 42.3 Å². The van der Waals surface area contributed by atoms with Gasteiger partial charge in [0, 0.05) is 17.7 Å². The first-order valence-corrected chi connectivity index (χ1v) is 8.10. The topological polar surface area (TPSA) is 50.7 Å². The molecule has 1 aliphatic rings. The number of aromatic nitrogens is 3. The molecule has 2 aromatic heterocycles. The summed E-state index contributed by atoms with van der Waals surface area (Å²) in [6, 6.07) is 8.05. The molecule has 1 N–H and O–H groups in total. The van der Waals surface area contributed by atoms with Crippen LogP contribution in [-0.2, 0) is 0 Å². The van der Waals surface area contributed by atoms with Gasteiger partial charge >= 0.3 is 0 Å². The first kappa shape index (κ1) is 12.2. The summed E-state index contributed by atoms with van der Waals surface area (Å²) in [6.45, 7) is 0. The van der Waals surface area contributed by atoms with E-state index < -0.39 is 0 Å². The maximum absolute atomic E-state index is 4.59. The molecule has 0 atom stereocenters. The van der Waals surface area contributed by atoms with Gasteiger partial charge in [-0.05, 0) is 47.0 Å². The molecule has 0 spiro atoms. The SMILES string of the molecule is Brc1cc(Nc2ccc3ncsc3c2)nc(C2CC2)n1. The average Bonchev–Trinajstić information content (AvgIpc) is 3.17. The number of anilines is 2. The molecule has 3 aromatic rings. The van der Waals surface area contributed by atoms with E-state index in [1.807, 2.05) is 23.7 Å². The van der Waals surface area contributed by atoms with Gasteiger partial charge in [0.1, 0.15) is 16.2 Å². The Morgan fingerprint density at radius 1 is 1.20 bits per heavy atom.